The van der Waals surface area contributed by atoms with E-state index in [1.807, 2.05) is 0 Å². The molecule has 114 valence electrons. The van der Waals surface area contributed by atoms with Crippen LogP contribution in [0.15, 0.2) is 0 Å². The minimum Gasteiger partial charge on any atom is -0.368 e. The Morgan fingerprint density at radius 2 is 1.75 bits per heavy atom. The second-order valence-corrected chi connectivity index (χ2v) is 7.07. The van der Waals surface area contributed by atoms with E-state index in [1.54, 1.807) is 0 Å². The van der Waals surface area contributed by atoms with Gasteiger partial charge in [-0.05, 0) is 64.5 Å². The number of hydrogen-bond acceptors (Lipinski definition) is 3. The predicted octanol–water partition coefficient (Wildman–Crippen LogP) is 1.78. The number of primary amides is 1. The molecule has 3 fully saturated rings. The lowest BCUT2D eigenvalue weighted by Crippen LogP contribution is -2.61. The van der Waals surface area contributed by atoms with Crippen LogP contribution in [0, 0.1) is 0 Å². The molecule has 0 bridgehead atoms. The van der Waals surface area contributed by atoms with E-state index in [9.17, 15) is 4.79 Å². The first kappa shape index (κ1) is 14.3. The van der Waals surface area contributed by atoms with E-state index in [1.165, 1.54) is 58.0 Å². The van der Waals surface area contributed by atoms with Crippen molar-refractivity contribution in [2.75, 3.05) is 13.1 Å². The number of hydrogen-bond donors (Lipinski definition) is 2. The molecule has 2 saturated carbocycles. The maximum Gasteiger partial charge on any atom is 0.237 e. The van der Waals surface area contributed by atoms with E-state index in [2.05, 4.69) is 10.2 Å². The quantitative estimate of drug-likeness (QED) is 0.825. The van der Waals surface area contributed by atoms with Gasteiger partial charge in [0.15, 0.2) is 0 Å². The van der Waals surface area contributed by atoms with E-state index < -0.39 is 5.54 Å². The highest BCUT2D eigenvalue weighted by atomic mass is 16.1. The van der Waals surface area contributed by atoms with Crippen LogP contribution in [0.1, 0.15) is 64.2 Å². The van der Waals surface area contributed by atoms with E-state index in [0.29, 0.717) is 12.1 Å². The molecule has 3 N–H and O–H groups in total. The Hall–Kier alpha value is -0.610. The van der Waals surface area contributed by atoms with Gasteiger partial charge < -0.3 is 16.0 Å². The topological polar surface area (TPSA) is 58.4 Å². The van der Waals surface area contributed by atoms with E-state index in [4.69, 9.17) is 5.73 Å². The molecule has 0 radical (unpaired) electrons. The van der Waals surface area contributed by atoms with Crippen LogP contribution in [-0.2, 0) is 4.79 Å². The highest BCUT2D eigenvalue weighted by Gasteiger charge is 2.45. The van der Waals surface area contributed by atoms with Crippen molar-refractivity contribution in [3.63, 3.8) is 0 Å². The van der Waals surface area contributed by atoms with Gasteiger partial charge in [-0.1, -0.05) is 12.8 Å². The summed E-state index contributed by atoms with van der Waals surface area (Å²) in [5, 5.41) is 3.59. The molecule has 0 spiro atoms. The molecule has 2 atom stereocenters. The van der Waals surface area contributed by atoms with Gasteiger partial charge in [0.2, 0.25) is 5.91 Å². The molecule has 0 aromatic carbocycles. The van der Waals surface area contributed by atoms with Crippen molar-refractivity contribution >= 4 is 5.91 Å². The maximum absolute atomic E-state index is 12.1. The van der Waals surface area contributed by atoms with Gasteiger partial charge in [-0.15, -0.1) is 0 Å². The van der Waals surface area contributed by atoms with Gasteiger partial charge in [0, 0.05) is 12.1 Å². The highest BCUT2D eigenvalue weighted by Crippen LogP contribution is 2.35. The molecule has 3 rings (SSSR count). The van der Waals surface area contributed by atoms with Gasteiger partial charge in [-0.2, -0.15) is 0 Å². The van der Waals surface area contributed by atoms with Crippen LogP contribution >= 0.6 is 0 Å². The summed E-state index contributed by atoms with van der Waals surface area (Å²) in [4.78, 5) is 14.7. The van der Waals surface area contributed by atoms with Gasteiger partial charge in [-0.3, -0.25) is 4.79 Å². The molecule has 20 heavy (non-hydrogen) atoms. The Kier molecular flexibility index (Phi) is 4.32. The van der Waals surface area contributed by atoms with Gasteiger partial charge >= 0.3 is 0 Å². The third kappa shape index (κ3) is 3.17. The van der Waals surface area contributed by atoms with Crippen molar-refractivity contribution in [1.82, 2.24) is 10.2 Å². The van der Waals surface area contributed by atoms with E-state index in [-0.39, 0.29) is 5.91 Å². The first-order valence-electron chi connectivity index (χ1n) is 8.51. The third-order valence-electron chi connectivity index (χ3n) is 5.41. The standard InChI is InChI=1S/C16H29N3O/c17-15(20)16(18-13-7-8-13)9-5-6-14(12-16)19-10-3-1-2-4-11-19/h13-14,18H,1-12H2,(H2,17,20). The van der Waals surface area contributed by atoms with Crippen LogP contribution in [0.3, 0.4) is 0 Å². The maximum atomic E-state index is 12.1. The number of carbonyl (C=O) groups excluding carboxylic acids is 1. The number of nitrogens with zero attached hydrogens (tertiary/aromatic N) is 1. The molecule has 0 aromatic heterocycles. The van der Waals surface area contributed by atoms with E-state index in [0.717, 1.165) is 19.3 Å². The highest BCUT2D eigenvalue weighted by molar-refractivity contribution is 5.85. The average molecular weight is 279 g/mol. The monoisotopic (exact) mass is 279 g/mol. The fourth-order valence-corrected chi connectivity index (χ4v) is 4.06. The molecule has 0 aromatic rings. The van der Waals surface area contributed by atoms with Gasteiger partial charge in [0.25, 0.3) is 0 Å². The summed E-state index contributed by atoms with van der Waals surface area (Å²) >= 11 is 0. The number of rotatable bonds is 4. The lowest BCUT2D eigenvalue weighted by molar-refractivity contribution is -0.126. The third-order valence-corrected chi connectivity index (χ3v) is 5.41. The van der Waals surface area contributed by atoms with Crippen LogP contribution in [0.5, 0.6) is 0 Å². The normalized spacial score (nSPS) is 36.5. The zero-order valence-electron chi connectivity index (χ0n) is 12.6. The Morgan fingerprint density at radius 3 is 2.35 bits per heavy atom. The van der Waals surface area contributed by atoms with Gasteiger partial charge in [0.05, 0.1) is 5.54 Å². The van der Waals surface area contributed by atoms with E-state index >= 15 is 0 Å². The van der Waals surface area contributed by atoms with Crippen molar-refractivity contribution in [3.8, 4) is 0 Å². The second-order valence-electron chi connectivity index (χ2n) is 7.07. The summed E-state index contributed by atoms with van der Waals surface area (Å²) in [7, 11) is 0. The van der Waals surface area contributed by atoms with Crippen LogP contribution < -0.4 is 11.1 Å². The van der Waals surface area contributed by atoms with Crippen LogP contribution in [0.4, 0.5) is 0 Å². The summed E-state index contributed by atoms with van der Waals surface area (Å²) in [6.07, 6.45) is 12.0. The molecular formula is C16H29N3O. The van der Waals surface area contributed by atoms with Crippen LogP contribution in [-0.4, -0.2) is 41.5 Å². The summed E-state index contributed by atoms with van der Waals surface area (Å²) in [5.41, 5.74) is 5.36. The molecule has 2 aliphatic carbocycles. The lowest BCUT2D eigenvalue weighted by atomic mass is 9.77. The summed E-state index contributed by atoms with van der Waals surface area (Å²) in [6, 6.07) is 1.10. The molecule has 4 heteroatoms. The fraction of sp³-hybridized carbons (Fsp3) is 0.938. The molecule has 2 unspecified atom stereocenters. The molecule has 1 aliphatic heterocycles. The van der Waals surface area contributed by atoms with Crippen molar-refractivity contribution in [2.45, 2.75) is 81.8 Å². The number of nitrogens with one attached hydrogen (secondary N) is 1. The Bertz CT molecular complexity index is 348. The molecular weight excluding hydrogens is 250 g/mol. The minimum atomic E-state index is -0.420. The zero-order chi connectivity index (χ0) is 14.0. The largest absolute Gasteiger partial charge is 0.368 e. The summed E-state index contributed by atoms with van der Waals surface area (Å²) in [5.74, 6) is -0.121. The Balaban J connectivity index is 1.67. The van der Waals surface area contributed by atoms with Crippen LogP contribution in [0.2, 0.25) is 0 Å². The fourth-order valence-electron chi connectivity index (χ4n) is 4.06. The average Bonchev–Trinajstić information content (AvgIpc) is 3.25. The molecule has 1 amide bonds. The summed E-state index contributed by atoms with van der Waals surface area (Å²) < 4.78 is 0. The number of carbonyl (C=O) groups is 1. The smallest absolute Gasteiger partial charge is 0.237 e. The number of nitrogens with two attached hydrogens (primary N) is 1. The van der Waals surface area contributed by atoms with Crippen molar-refractivity contribution in [3.05, 3.63) is 0 Å². The first-order valence-corrected chi connectivity index (χ1v) is 8.51. The summed E-state index contributed by atoms with van der Waals surface area (Å²) in [6.45, 7) is 2.42. The number of amides is 1. The van der Waals surface area contributed by atoms with Crippen molar-refractivity contribution in [2.24, 2.45) is 5.73 Å². The van der Waals surface area contributed by atoms with Gasteiger partial charge in [-0.25, -0.2) is 0 Å². The molecule has 4 nitrogen and oxygen atoms in total. The SMILES string of the molecule is NC(=O)C1(NC2CC2)CCCC(N2CCCCCC2)C1. The van der Waals surface area contributed by atoms with Crippen LogP contribution in [0.25, 0.3) is 0 Å². The lowest BCUT2D eigenvalue weighted by Gasteiger charge is -2.43. The molecule has 1 heterocycles. The number of likely N-dealkylation sites (tertiary alicyclic amines) is 1. The molecule has 3 aliphatic rings. The second kappa shape index (κ2) is 6.02. The minimum absolute atomic E-state index is 0.121. The Morgan fingerprint density at radius 1 is 1.05 bits per heavy atom. The van der Waals surface area contributed by atoms with Gasteiger partial charge in [0.1, 0.15) is 0 Å². The molecule has 1 saturated heterocycles. The zero-order valence-corrected chi connectivity index (χ0v) is 12.6. The predicted molar refractivity (Wildman–Crippen MR) is 80.4 cm³/mol. The van der Waals surface area contributed by atoms with Crippen molar-refractivity contribution in [1.29, 1.82) is 0 Å². The Labute approximate surface area is 122 Å². The van der Waals surface area contributed by atoms with Crippen molar-refractivity contribution < 1.29 is 4.79 Å². The first-order chi connectivity index (χ1) is 9.70.